The van der Waals surface area contributed by atoms with Crippen molar-refractivity contribution >= 4 is 0 Å². The Morgan fingerprint density at radius 1 is 1.29 bits per heavy atom. The number of nitrogens with two attached hydrogens (primary N) is 1. The Balaban J connectivity index is 2.21. The van der Waals surface area contributed by atoms with E-state index in [1.165, 1.54) is 6.07 Å². The normalized spacial score (nSPS) is 10.2. The van der Waals surface area contributed by atoms with Crippen molar-refractivity contribution in [1.29, 1.82) is 5.26 Å². The fourth-order valence-corrected chi connectivity index (χ4v) is 1.68. The van der Waals surface area contributed by atoms with E-state index in [2.05, 4.69) is 0 Å². The second-order valence-electron chi connectivity index (χ2n) is 3.82. The maximum atomic E-state index is 13.1. The van der Waals surface area contributed by atoms with Gasteiger partial charge in [0.25, 0.3) is 0 Å². The Labute approximate surface area is 98.9 Å². The van der Waals surface area contributed by atoms with Crippen molar-refractivity contribution < 1.29 is 4.39 Å². The lowest BCUT2D eigenvalue weighted by Crippen LogP contribution is -1.99. The van der Waals surface area contributed by atoms with Crippen LogP contribution in [0, 0.1) is 17.1 Å². The molecule has 0 amide bonds. The van der Waals surface area contributed by atoms with Crippen molar-refractivity contribution in [2.24, 2.45) is 5.73 Å². The van der Waals surface area contributed by atoms with Crippen molar-refractivity contribution in [2.75, 3.05) is 0 Å². The third-order valence-electron chi connectivity index (χ3n) is 2.56. The van der Waals surface area contributed by atoms with Crippen molar-refractivity contribution in [3.05, 3.63) is 59.2 Å². The molecule has 0 spiro atoms. The highest BCUT2D eigenvalue weighted by atomic mass is 19.1. The molecule has 3 nitrogen and oxygen atoms in total. The smallest absolute Gasteiger partial charge is 0.140 e. The van der Waals surface area contributed by atoms with Crippen LogP contribution >= 0.6 is 0 Å². The summed E-state index contributed by atoms with van der Waals surface area (Å²) in [5, 5.41) is 8.74. The maximum absolute atomic E-state index is 13.1. The van der Waals surface area contributed by atoms with Gasteiger partial charge in [-0.05, 0) is 29.3 Å². The van der Waals surface area contributed by atoms with Crippen LogP contribution < -0.4 is 5.73 Å². The molecule has 1 aromatic carbocycles. The van der Waals surface area contributed by atoms with E-state index in [1.807, 2.05) is 29.1 Å². The summed E-state index contributed by atoms with van der Waals surface area (Å²) in [7, 11) is 0. The van der Waals surface area contributed by atoms with Crippen LogP contribution in [0.25, 0.3) is 0 Å². The second kappa shape index (κ2) is 4.81. The molecule has 4 heteroatoms. The van der Waals surface area contributed by atoms with Gasteiger partial charge in [-0.2, -0.15) is 5.26 Å². The molecule has 0 atom stereocenters. The molecule has 1 heterocycles. The van der Waals surface area contributed by atoms with Gasteiger partial charge >= 0.3 is 0 Å². The van der Waals surface area contributed by atoms with Crippen molar-refractivity contribution in [3.63, 3.8) is 0 Å². The Hall–Kier alpha value is -2.12. The molecule has 0 saturated heterocycles. The Bertz CT molecular complexity index is 566. The topological polar surface area (TPSA) is 54.7 Å². The lowest BCUT2D eigenvalue weighted by molar-refractivity contribution is 0.622. The van der Waals surface area contributed by atoms with E-state index in [4.69, 9.17) is 11.0 Å². The molecule has 0 unspecified atom stereocenters. The van der Waals surface area contributed by atoms with Gasteiger partial charge in [0, 0.05) is 25.5 Å². The van der Waals surface area contributed by atoms with Gasteiger partial charge in [-0.25, -0.2) is 4.39 Å². The quantitative estimate of drug-likeness (QED) is 0.875. The standard InChI is InChI=1S/C13H12FN3/c14-13-2-1-10(5-12(13)7-16)8-17-4-3-11(6-15)9-17/h1-5,9H,6,8,15H2. The molecule has 0 fully saturated rings. The van der Waals surface area contributed by atoms with Crippen LogP contribution in [0.15, 0.2) is 36.7 Å². The van der Waals surface area contributed by atoms with E-state index in [9.17, 15) is 4.39 Å². The number of hydrogen-bond donors (Lipinski definition) is 1. The predicted octanol–water partition coefficient (Wildman–Crippen LogP) is 2.01. The van der Waals surface area contributed by atoms with Crippen LogP contribution in [0.2, 0.25) is 0 Å². The number of rotatable bonds is 3. The van der Waals surface area contributed by atoms with Gasteiger partial charge in [-0.1, -0.05) is 6.07 Å². The first-order valence-corrected chi connectivity index (χ1v) is 5.26. The first-order valence-electron chi connectivity index (χ1n) is 5.26. The van der Waals surface area contributed by atoms with Gasteiger partial charge < -0.3 is 10.3 Å². The number of aromatic nitrogens is 1. The third-order valence-corrected chi connectivity index (χ3v) is 2.56. The summed E-state index contributed by atoms with van der Waals surface area (Å²) in [6.07, 6.45) is 3.85. The minimum Gasteiger partial charge on any atom is -0.350 e. The van der Waals surface area contributed by atoms with Crippen LogP contribution in [0.1, 0.15) is 16.7 Å². The van der Waals surface area contributed by atoms with Gasteiger partial charge in [-0.15, -0.1) is 0 Å². The zero-order valence-corrected chi connectivity index (χ0v) is 9.23. The summed E-state index contributed by atoms with van der Waals surface area (Å²) in [6, 6.07) is 8.34. The Kier molecular flexibility index (Phi) is 3.22. The van der Waals surface area contributed by atoms with Crippen LogP contribution in [0.3, 0.4) is 0 Å². The summed E-state index contributed by atoms with van der Waals surface area (Å²) < 4.78 is 15.1. The fourth-order valence-electron chi connectivity index (χ4n) is 1.68. The molecule has 2 N–H and O–H groups in total. The monoisotopic (exact) mass is 229 g/mol. The number of hydrogen-bond acceptors (Lipinski definition) is 2. The fraction of sp³-hybridized carbons (Fsp3) is 0.154. The first-order chi connectivity index (χ1) is 8.22. The van der Waals surface area contributed by atoms with E-state index in [1.54, 1.807) is 12.1 Å². The summed E-state index contributed by atoms with van der Waals surface area (Å²) in [4.78, 5) is 0. The molecule has 0 bridgehead atoms. The molecule has 1 aromatic heterocycles. The van der Waals surface area contributed by atoms with Crippen molar-refractivity contribution in [3.8, 4) is 6.07 Å². The lowest BCUT2D eigenvalue weighted by atomic mass is 10.1. The summed E-state index contributed by atoms with van der Waals surface area (Å²) >= 11 is 0. The Morgan fingerprint density at radius 3 is 2.76 bits per heavy atom. The highest BCUT2D eigenvalue weighted by molar-refractivity contribution is 5.34. The number of nitriles is 1. The average molecular weight is 229 g/mol. The van der Waals surface area contributed by atoms with Gasteiger partial charge in [0.1, 0.15) is 11.9 Å². The summed E-state index contributed by atoms with van der Waals surface area (Å²) in [5.74, 6) is -0.480. The molecule has 0 radical (unpaired) electrons. The first kappa shape index (κ1) is 11.4. The number of nitrogens with zero attached hydrogens (tertiary/aromatic N) is 2. The van der Waals surface area contributed by atoms with Crippen molar-refractivity contribution in [1.82, 2.24) is 4.57 Å². The van der Waals surface area contributed by atoms with Gasteiger partial charge in [0.2, 0.25) is 0 Å². The molecular weight excluding hydrogens is 217 g/mol. The van der Waals surface area contributed by atoms with E-state index in [0.717, 1.165) is 11.1 Å². The molecule has 0 aliphatic heterocycles. The predicted molar refractivity (Wildman–Crippen MR) is 62.5 cm³/mol. The number of benzene rings is 1. The number of halogens is 1. The van der Waals surface area contributed by atoms with Crippen LogP contribution in [-0.2, 0) is 13.1 Å². The zero-order chi connectivity index (χ0) is 12.3. The second-order valence-corrected chi connectivity index (χ2v) is 3.82. The highest BCUT2D eigenvalue weighted by Crippen LogP contribution is 2.11. The van der Waals surface area contributed by atoms with Gasteiger partial charge in [-0.3, -0.25) is 0 Å². The Morgan fingerprint density at radius 2 is 2.12 bits per heavy atom. The molecule has 86 valence electrons. The minimum atomic E-state index is -0.480. The van der Waals surface area contributed by atoms with Crippen LogP contribution in [-0.4, -0.2) is 4.57 Å². The van der Waals surface area contributed by atoms with E-state index < -0.39 is 5.82 Å². The average Bonchev–Trinajstić information content (AvgIpc) is 2.79. The highest BCUT2D eigenvalue weighted by Gasteiger charge is 2.03. The van der Waals surface area contributed by atoms with Crippen LogP contribution in [0.5, 0.6) is 0 Å². The molecule has 0 aliphatic rings. The maximum Gasteiger partial charge on any atom is 0.140 e. The molecule has 2 aromatic rings. The molecule has 0 saturated carbocycles. The molecule has 0 aliphatic carbocycles. The largest absolute Gasteiger partial charge is 0.350 e. The van der Waals surface area contributed by atoms with Crippen molar-refractivity contribution in [2.45, 2.75) is 13.1 Å². The summed E-state index contributed by atoms with van der Waals surface area (Å²) in [6.45, 7) is 1.11. The summed E-state index contributed by atoms with van der Waals surface area (Å²) in [5.41, 5.74) is 7.53. The van der Waals surface area contributed by atoms with E-state index in [-0.39, 0.29) is 5.56 Å². The van der Waals surface area contributed by atoms with E-state index >= 15 is 0 Å². The zero-order valence-electron chi connectivity index (χ0n) is 9.23. The SMILES string of the molecule is N#Cc1cc(Cn2ccc(CN)c2)ccc1F. The third kappa shape index (κ3) is 2.52. The van der Waals surface area contributed by atoms with E-state index in [0.29, 0.717) is 13.1 Å². The molecular formula is C13H12FN3. The van der Waals surface area contributed by atoms with Crippen LogP contribution in [0.4, 0.5) is 4.39 Å². The van der Waals surface area contributed by atoms with Gasteiger partial charge in [0.05, 0.1) is 5.56 Å². The van der Waals surface area contributed by atoms with Gasteiger partial charge in [0.15, 0.2) is 0 Å². The minimum absolute atomic E-state index is 0.0775. The molecule has 17 heavy (non-hydrogen) atoms. The lowest BCUT2D eigenvalue weighted by Gasteiger charge is -2.04. The molecule has 2 rings (SSSR count).